The predicted molar refractivity (Wildman–Crippen MR) is 82.4 cm³/mol. The van der Waals surface area contributed by atoms with Crippen LogP contribution in [0.15, 0.2) is 22.9 Å². The first-order valence-electron chi connectivity index (χ1n) is 6.84. The molecule has 1 aliphatic carbocycles. The molecule has 1 aromatic rings. The molecule has 0 bridgehead atoms. The summed E-state index contributed by atoms with van der Waals surface area (Å²) < 4.78 is 27.2. The van der Waals surface area contributed by atoms with E-state index >= 15 is 0 Å². The zero-order chi connectivity index (χ0) is 15.6. The molecule has 1 heterocycles. The molecule has 0 unspecified atom stereocenters. The van der Waals surface area contributed by atoms with Crippen molar-refractivity contribution in [2.75, 3.05) is 6.54 Å². The van der Waals surface area contributed by atoms with Gasteiger partial charge in [-0.05, 0) is 31.4 Å². The number of hydrogen-bond donors (Lipinski definition) is 1. The second-order valence-electron chi connectivity index (χ2n) is 5.18. The molecule has 0 atom stereocenters. The summed E-state index contributed by atoms with van der Waals surface area (Å²) in [4.78, 5) is 11.2. The first-order chi connectivity index (χ1) is 9.87. The normalized spacial score (nSPS) is 16.5. The summed E-state index contributed by atoms with van der Waals surface area (Å²) >= 11 is 0.824. The summed E-state index contributed by atoms with van der Waals surface area (Å²) in [5, 5.41) is 9.08. The Bertz CT molecular complexity index is 642. The largest absolute Gasteiger partial charge is 0.477 e. The van der Waals surface area contributed by atoms with E-state index in [0.29, 0.717) is 5.56 Å². The molecular weight excluding hydrogens is 310 g/mol. The fraction of sp³-hybridized carbons (Fsp3) is 0.500. The van der Waals surface area contributed by atoms with Gasteiger partial charge in [-0.1, -0.05) is 18.9 Å². The Hall–Kier alpha value is -1.18. The summed E-state index contributed by atoms with van der Waals surface area (Å²) in [7, 11) is -3.66. The number of carboxylic acids is 1. The Morgan fingerprint density at radius 3 is 2.62 bits per heavy atom. The molecule has 0 aromatic carbocycles. The fourth-order valence-electron chi connectivity index (χ4n) is 2.67. The lowest BCUT2D eigenvalue weighted by atomic mass is 10.2. The van der Waals surface area contributed by atoms with Crippen molar-refractivity contribution in [3.8, 4) is 0 Å². The van der Waals surface area contributed by atoms with Gasteiger partial charge in [-0.2, -0.15) is 4.31 Å². The molecule has 116 valence electrons. The zero-order valence-corrected chi connectivity index (χ0v) is 13.5. The third kappa shape index (κ3) is 3.20. The number of rotatable bonds is 6. The molecule has 5 nitrogen and oxygen atoms in total. The molecule has 1 fully saturated rings. The SMILES string of the molecule is C=CCN(C1CCCC1)S(=O)(=O)c1cc(C)c(C(=O)O)s1. The quantitative estimate of drug-likeness (QED) is 0.814. The summed E-state index contributed by atoms with van der Waals surface area (Å²) in [6, 6.07) is 1.44. The first-order valence-corrected chi connectivity index (χ1v) is 9.10. The van der Waals surface area contributed by atoms with Gasteiger partial charge in [-0.15, -0.1) is 17.9 Å². The van der Waals surface area contributed by atoms with Gasteiger partial charge >= 0.3 is 5.97 Å². The second-order valence-corrected chi connectivity index (χ2v) is 8.35. The molecule has 1 N–H and O–H groups in total. The monoisotopic (exact) mass is 329 g/mol. The number of nitrogens with zero attached hydrogens (tertiary/aromatic N) is 1. The van der Waals surface area contributed by atoms with Crippen LogP contribution in [0.5, 0.6) is 0 Å². The molecule has 1 saturated carbocycles. The standard InChI is InChI=1S/C14H19NO4S2/c1-3-8-15(11-6-4-5-7-11)21(18,19)12-9-10(2)13(20-12)14(16)17/h3,9,11H,1,4-8H2,2H3,(H,16,17). The summed E-state index contributed by atoms with van der Waals surface area (Å²) in [6.07, 6.45) is 5.33. The Morgan fingerprint density at radius 2 is 2.14 bits per heavy atom. The highest BCUT2D eigenvalue weighted by Crippen LogP contribution is 2.33. The van der Waals surface area contributed by atoms with Gasteiger partial charge in [0.1, 0.15) is 9.09 Å². The maximum Gasteiger partial charge on any atom is 0.346 e. The van der Waals surface area contributed by atoms with Crippen LogP contribution in [0.3, 0.4) is 0 Å². The van der Waals surface area contributed by atoms with Gasteiger partial charge in [-0.3, -0.25) is 0 Å². The highest BCUT2D eigenvalue weighted by atomic mass is 32.2. The van der Waals surface area contributed by atoms with Crippen molar-refractivity contribution in [2.45, 2.75) is 42.9 Å². The average Bonchev–Trinajstić information content (AvgIpc) is 3.04. The topological polar surface area (TPSA) is 74.7 Å². The molecule has 0 spiro atoms. The van der Waals surface area contributed by atoms with Crippen LogP contribution in [-0.4, -0.2) is 36.4 Å². The van der Waals surface area contributed by atoms with Gasteiger partial charge in [0.15, 0.2) is 0 Å². The van der Waals surface area contributed by atoms with Crippen LogP contribution in [0.1, 0.15) is 40.9 Å². The van der Waals surface area contributed by atoms with Crippen molar-refractivity contribution in [2.24, 2.45) is 0 Å². The molecule has 0 aliphatic heterocycles. The predicted octanol–water partition coefficient (Wildman–Crippen LogP) is 2.87. The second kappa shape index (κ2) is 6.29. The van der Waals surface area contributed by atoms with Gasteiger partial charge in [-0.25, -0.2) is 13.2 Å². The molecular formula is C14H19NO4S2. The summed E-state index contributed by atoms with van der Waals surface area (Å²) in [6.45, 7) is 5.51. The average molecular weight is 329 g/mol. The van der Waals surface area contributed by atoms with Crippen LogP contribution in [-0.2, 0) is 10.0 Å². The van der Waals surface area contributed by atoms with E-state index in [9.17, 15) is 13.2 Å². The number of carboxylic acid groups (broad SMARTS) is 1. The highest BCUT2D eigenvalue weighted by Gasteiger charge is 2.34. The Morgan fingerprint density at radius 1 is 1.52 bits per heavy atom. The molecule has 1 aromatic heterocycles. The number of carbonyl (C=O) groups is 1. The zero-order valence-electron chi connectivity index (χ0n) is 11.9. The maximum absolute atomic E-state index is 12.8. The lowest BCUT2D eigenvalue weighted by Gasteiger charge is -2.26. The van der Waals surface area contributed by atoms with Crippen molar-refractivity contribution >= 4 is 27.3 Å². The van der Waals surface area contributed by atoms with E-state index in [-0.39, 0.29) is 21.7 Å². The fourth-order valence-corrected chi connectivity index (χ4v) is 5.84. The molecule has 2 rings (SSSR count). The van der Waals surface area contributed by atoms with E-state index in [1.807, 2.05) is 0 Å². The van der Waals surface area contributed by atoms with Gasteiger partial charge in [0.2, 0.25) is 0 Å². The van der Waals surface area contributed by atoms with Crippen molar-refractivity contribution in [1.29, 1.82) is 0 Å². The first kappa shape index (κ1) is 16.2. The van der Waals surface area contributed by atoms with E-state index in [0.717, 1.165) is 37.0 Å². The smallest absolute Gasteiger partial charge is 0.346 e. The van der Waals surface area contributed by atoms with Gasteiger partial charge in [0, 0.05) is 12.6 Å². The van der Waals surface area contributed by atoms with E-state index in [4.69, 9.17) is 5.11 Å². The minimum absolute atomic E-state index is 0.0105. The van der Waals surface area contributed by atoms with E-state index in [1.165, 1.54) is 10.4 Å². The number of aryl methyl sites for hydroxylation is 1. The van der Waals surface area contributed by atoms with Crippen LogP contribution in [0.25, 0.3) is 0 Å². The molecule has 0 radical (unpaired) electrons. The van der Waals surface area contributed by atoms with Crippen molar-refractivity contribution in [3.63, 3.8) is 0 Å². The minimum Gasteiger partial charge on any atom is -0.477 e. The Labute approximate surface area is 129 Å². The minimum atomic E-state index is -3.66. The van der Waals surface area contributed by atoms with Crippen LogP contribution < -0.4 is 0 Å². The Kier molecular flexibility index (Phi) is 4.85. The van der Waals surface area contributed by atoms with Gasteiger partial charge in [0.05, 0.1) is 0 Å². The van der Waals surface area contributed by atoms with Crippen molar-refractivity contribution in [3.05, 3.63) is 29.2 Å². The van der Waals surface area contributed by atoms with Crippen molar-refractivity contribution < 1.29 is 18.3 Å². The molecule has 0 saturated heterocycles. The van der Waals surface area contributed by atoms with Gasteiger partial charge in [0.25, 0.3) is 10.0 Å². The third-order valence-corrected chi connectivity index (χ3v) is 7.29. The number of hydrogen-bond acceptors (Lipinski definition) is 4. The highest BCUT2D eigenvalue weighted by molar-refractivity contribution is 7.91. The molecule has 0 amide bonds. The molecule has 1 aliphatic rings. The Balaban J connectivity index is 2.40. The van der Waals surface area contributed by atoms with Crippen LogP contribution in [0.2, 0.25) is 0 Å². The summed E-state index contributed by atoms with van der Waals surface area (Å²) in [5.41, 5.74) is 0.482. The van der Waals surface area contributed by atoms with E-state index in [1.54, 1.807) is 13.0 Å². The lowest BCUT2D eigenvalue weighted by Crippen LogP contribution is -2.38. The third-order valence-electron chi connectivity index (χ3n) is 3.69. The number of sulfonamides is 1. The molecule has 7 heteroatoms. The molecule has 21 heavy (non-hydrogen) atoms. The van der Waals surface area contributed by atoms with Crippen molar-refractivity contribution in [1.82, 2.24) is 4.31 Å². The number of aromatic carboxylic acids is 1. The van der Waals surface area contributed by atoms with E-state index < -0.39 is 16.0 Å². The maximum atomic E-state index is 12.8. The van der Waals surface area contributed by atoms with Crippen LogP contribution in [0.4, 0.5) is 0 Å². The lowest BCUT2D eigenvalue weighted by molar-refractivity contribution is 0.0701. The van der Waals surface area contributed by atoms with E-state index in [2.05, 4.69) is 6.58 Å². The van der Waals surface area contributed by atoms with Crippen LogP contribution >= 0.6 is 11.3 Å². The van der Waals surface area contributed by atoms with Crippen LogP contribution in [0, 0.1) is 6.92 Å². The summed E-state index contributed by atoms with van der Waals surface area (Å²) in [5.74, 6) is -1.09. The van der Waals surface area contributed by atoms with Gasteiger partial charge < -0.3 is 5.11 Å². The number of thiophene rings is 1.